The van der Waals surface area contributed by atoms with Crippen LogP contribution in [0.2, 0.25) is 0 Å². The lowest BCUT2D eigenvalue weighted by molar-refractivity contribution is -0.161. The Hall–Kier alpha value is -1.77. The van der Waals surface area contributed by atoms with E-state index >= 15 is 0 Å². The minimum Gasteiger partial charge on any atom is -0.462 e. The first-order valence-electron chi connectivity index (χ1n) is 36.5. The number of unbranched alkanes of at least 4 members (excludes halogenated alkanes) is 51. The molecule has 0 aromatic rings. The highest BCUT2D eigenvalue weighted by Gasteiger charge is 2.26. The second-order valence-corrected chi connectivity index (χ2v) is 26.3. The van der Waals surface area contributed by atoms with E-state index in [9.17, 15) is 19.0 Å². The number of carbonyl (C=O) groups is 2. The molecule has 3 N–H and O–H groups in total. The zero-order valence-electron chi connectivity index (χ0n) is 55.2. The van der Waals surface area contributed by atoms with Crippen molar-refractivity contribution in [2.24, 2.45) is 5.73 Å². The molecule has 0 aliphatic heterocycles. The maximum absolute atomic E-state index is 12.7. The first-order chi connectivity index (χ1) is 40.8. The molecule has 0 spiro atoms. The van der Waals surface area contributed by atoms with Gasteiger partial charge >= 0.3 is 19.8 Å². The summed E-state index contributed by atoms with van der Waals surface area (Å²) in [5.41, 5.74) is 5.40. The molecule has 83 heavy (non-hydrogen) atoms. The zero-order valence-corrected chi connectivity index (χ0v) is 56.1. The first-order valence-corrected chi connectivity index (χ1v) is 38.0. The standard InChI is InChI=1S/C73H140NO8P/c1-3-5-7-9-11-13-15-17-19-21-23-25-26-27-28-29-30-31-32-33-34-35-36-37-38-39-40-41-42-43-44-46-47-49-51-53-55-57-59-61-63-65-72(75)79-69-71(70-81-83(77,78)80-68-67-74)82-73(76)66-64-62-60-58-56-54-52-50-48-45-24-22-20-18-16-14-12-10-8-6-4-2/h16,18,21-24,71H,3-15,17,19-20,25-70,74H2,1-2H3,(H,77,78)/b18-16-,23-21-,24-22-. The van der Waals surface area contributed by atoms with E-state index < -0.39 is 26.5 Å². The Morgan fingerprint density at radius 1 is 0.361 bits per heavy atom. The van der Waals surface area contributed by atoms with Crippen LogP contribution in [0.3, 0.4) is 0 Å². The van der Waals surface area contributed by atoms with Crippen molar-refractivity contribution in [2.45, 2.75) is 392 Å². The van der Waals surface area contributed by atoms with E-state index in [2.05, 4.69) is 50.3 Å². The van der Waals surface area contributed by atoms with Crippen molar-refractivity contribution < 1.29 is 37.6 Å². The number of esters is 2. The highest BCUT2D eigenvalue weighted by molar-refractivity contribution is 7.47. The van der Waals surface area contributed by atoms with Crippen LogP contribution in [0.5, 0.6) is 0 Å². The first kappa shape index (κ1) is 81.2. The van der Waals surface area contributed by atoms with E-state index in [-0.39, 0.29) is 38.6 Å². The molecule has 0 aromatic heterocycles. The largest absolute Gasteiger partial charge is 0.472 e. The van der Waals surface area contributed by atoms with Crippen LogP contribution >= 0.6 is 7.82 Å². The third-order valence-electron chi connectivity index (χ3n) is 16.5. The molecule has 0 rings (SSSR count). The number of nitrogens with two attached hydrogens (primary N) is 1. The number of hydrogen-bond donors (Lipinski definition) is 2. The van der Waals surface area contributed by atoms with Gasteiger partial charge in [-0.15, -0.1) is 0 Å². The summed E-state index contributed by atoms with van der Waals surface area (Å²) in [7, 11) is -4.39. The summed E-state index contributed by atoms with van der Waals surface area (Å²) in [6, 6.07) is 0. The lowest BCUT2D eigenvalue weighted by atomic mass is 10.0. The summed E-state index contributed by atoms with van der Waals surface area (Å²) < 4.78 is 33.2. The quantitative estimate of drug-likeness (QED) is 0.0264. The number of phosphoric ester groups is 1. The van der Waals surface area contributed by atoms with Gasteiger partial charge in [-0.3, -0.25) is 18.6 Å². The highest BCUT2D eigenvalue weighted by Crippen LogP contribution is 2.43. The van der Waals surface area contributed by atoms with Crippen molar-refractivity contribution >= 4 is 19.8 Å². The Morgan fingerprint density at radius 3 is 0.928 bits per heavy atom. The molecule has 0 bridgehead atoms. The number of carbonyl (C=O) groups excluding carboxylic acids is 2. The lowest BCUT2D eigenvalue weighted by Gasteiger charge is -2.19. The molecule has 9 nitrogen and oxygen atoms in total. The third kappa shape index (κ3) is 69.2. The predicted molar refractivity (Wildman–Crippen MR) is 358 cm³/mol. The Labute approximate surface area is 515 Å². The van der Waals surface area contributed by atoms with Gasteiger partial charge in [0, 0.05) is 19.4 Å². The van der Waals surface area contributed by atoms with Gasteiger partial charge in [-0.1, -0.05) is 339 Å². The topological polar surface area (TPSA) is 134 Å². The monoisotopic (exact) mass is 1190 g/mol. The fraction of sp³-hybridized carbons (Fsp3) is 0.890. The van der Waals surface area contributed by atoms with Crippen LogP contribution in [0.4, 0.5) is 0 Å². The molecule has 0 saturated carbocycles. The molecule has 0 aliphatic rings. The molecule has 0 amide bonds. The van der Waals surface area contributed by atoms with Gasteiger partial charge in [0.05, 0.1) is 13.2 Å². The Morgan fingerprint density at radius 2 is 0.627 bits per heavy atom. The van der Waals surface area contributed by atoms with Crippen molar-refractivity contribution in [2.75, 3.05) is 26.4 Å². The zero-order chi connectivity index (χ0) is 60.1. The van der Waals surface area contributed by atoms with Gasteiger partial charge in [-0.25, -0.2) is 4.57 Å². The molecule has 10 heteroatoms. The van der Waals surface area contributed by atoms with Crippen LogP contribution in [0.15, 0.2) is 36.5 Å². The molecule has 0 aromatic carbocycles. The maximum atomic E-state index is 12.7. The van der Waals surface area contributed by atoms with Crippen LogP contribution in [0.1, 0.15) is 386 Å². The molecule has 0 heterocycles. The van der Waals surface area contributed by atoms with Gasteiger partial charge in [0.15, 0.2) is 6.10 Å². The predicted octanol–water partition coefficient (Wildman–Crippen LogP) is 23.9. The van der Waals surface area contributed by atoms with Crippen LogP contribution in [0.25, 0.3) is 0 Å². The van der Waals surface area contributed by atoms with E-state index in [0.29, 0.717) is 6.42 Å². The van der Waals surface area contributed by atoms with Gasteiger partial charge in [0.1, 0.15) is 6.61 Å². The second-order valence-electron chi connectivity index (χ2n) is 24.8. The average molecular weight is 1190 g/mol. The molecule has 0 saturated heterocycles. The van der Waals surface area contributed by atoms with Crippen molar-refractivity contribution in [1.29, 1.82) is 0 Å². The number of phosphoric acid groups is 1. The molecule has 0 fully saturated rings. The van der Waals surface area contributed by atoms with Crippen molar-refractivity contribution in [3.05, 3.63) is 36.5 Å². The van der Waals surface area contributed by atoms with Crippen molar-refractivity contribution in [3.63, 3.8) is 0 Å². The third-order valence-corrected chi connectivity index (χ3v) is 17.5. The van der Waals surface area contributed by atoms with Gasteiger partial charge in [-0.05, 0) is 70.6 Å². The van der Waals surface area contributed by atoms with Gasteiger partial charge < -0.3 is 20.1 Å². The Bertz CT molecular complexity index is 1450. The molecular weight excluding hydrogens is 1050 g/mol. The minimum atomic E-state index is -4.39. The minimum absolute atomic E-state index is 0.0544. The normalized spacial score (nSPS) is 13.1. The van der Waals surface area contributed by atoms with Crippen LogP contribution in [0, 0.1) is 0 Å². The van der Waals surface area contributed by atoms with Crippen LogP contribution in [-0.2, 0) is 32.7 Å². The maximum Gasteiger partial charge on any atom is 0.472 e. The summed E-state index contributed by atoms with van der Waals surface area (Å²) in [4.78, 5) is 35.3. The fourth-order valence-electron chi connectivity index (χ4n) is 11.1. The SMILES string of the molecule is CCCCCCC/C=C\C/C=C\CCCCCCCCCCCC(=O)OC(COC(=O)CCCCCCCCCCCCCCCCCCCCCCCCCCCCCCC/C=C\CCCCCCCCCC)COP(=O)(O)OCCN. The number of allylic oxidation sites excluding steroid dienone is 6. The highest BCUT2D eigenvalue weighted by atomic mass is 31.2. The Kier molecular flexibility index (Phi) is 67.9. The van der Waals surface area contributed by atoms with Crippen LogP contribution < -0.4 is 5.73 Å². The molecule has 0 radical (unpaired) electrons. The smallest absolute Gasteiger partial charge is 0.462 e. The summed E-state index contributed by atoms with van der Waals surface area (Å²) in [5.74, 6) is -0.813. The van der Waals surface area contributed by atoms with E-state index in [4.69, 9.17) is 24.3 Å². The van der Waals surface area contributed by atoms with Crippen molar-refractivity contribution in [3.8, 4) is 0 Å². The van der Waals surface area contributed by atoms with Gasteiger partial charge in [0.2, 0.25) is 0 Å². The summed E-state index contributed by atoms with van der Waals surface area (Å²) in [5, 5.41) is 0. The second kappa shape index (κ2) is 69.3. The molecule has 2 atom stereocenters. The molecule has 490 valence electrons. The van der Waals surface area contributed by atoms with E-state index in [1.807, 2.05) is 0 Å². The number of hydrogen-bond acceptors (Lipinski definition) is 8. The molecule has 0 aliphatic carbocycles. The average Bonchev–Trinajstić information content (AvgIpc) is 3.49. The number of rotatable bonds is 70. The summed E-state index contributed by atoms with van der Waals surface area (Å²) in [6.45, 7) is 3.79. The fourth-order valence-corrected chi connectivity index (χ4v) is 11.8. The summed E-state index contributed by atoms with van der Waals surface area (Å²) in [6.07, 6.45) is 87.0. The van der Waals surface area contributed by atoms with Gasteiger partial charge in [0.25, 0.3) is 0 Å². The number of ether oxygens (including phenoxy) is 2. The van der Waals surface area contributed by atoms with Crippen molar-refractivity contribution in [1.82, 2.24) is 0 Å². The lowest BCUT2D eigenvalue weighted by Crippen LogP contribution is -2.29. The Balaban J connectivity index is 3.72. The molecular formula is C73H140NO8P. The molecule has 2 unspecified atom stereocenters. The summed E-state index contributed by atoms with van der Waals surface area (Å²) >= 11 is 0. The van der Waals surface area contributed by atoms with E-state index in [1.54, 1.807) is 0 Å². The van der Waals surface area contributed by atoms with Crippen LogP contribution in [-0.4, -0.2) is 49.3 Å². The van der Waals surface area contributed by atoms with Gasteiger partial charge in [-0.2, -0.15) is 0 Å². The van der Waals surface area contributed by atoms with E-state index in [0.717, 1.165) is 51.4 Å². The van der Waals surface area contributed by atoms with E-state index in [1.165, 1.54) is 302 Å².